The molecule has 0 aliphatic heterocycles. The molecule has 3 nitrogen and oxygen atoms in total. The third-order valence-corrected chi connectivity index (χ3v) is 3.57. The summed E-state index contributed by atoms with van der Waals surface area (Å²) in [6, 6.07) is 9.32. The van der Waals surface area contributed by atoms with Crippen LogP contribution in [0, 0.1) is 5.82 Å². The Morgan fingerprint density at radius 2 is 1.81 bits per heavy atom. The highest BCUT2D eigenvalue weighted by Gasteiger charge is 2.14. The molecule has 1 unspecified atom stereocenters. The van der Waals surface area contributed by atoms with Crippen molar-refractivity contribution in [3.63, 3.8) is 0 Å². The van der Waals surface area contributed by atoms with Crippen LogP contribution in [-0.2, 0) is 6.42 Å². The average molecular weight is 311 g/mol. The fourth-order valence-electron chi connectivity index (χ4n) is 2.07. The zero-order valence-corrected chi connectivity index (χ0v) is 12.5. The Hall–Kier alpha value is -1.78. The van der Waals surface area contributed by atoms with E-state index in [1.165, 1.54) is 19.2 Å². The molecule has 1 atom stereocenters. The molecule has 0 spiro atoms. The van der Waals surface area contributed by atoms with Gasteiger partial charge in [0.1, 0.15) is 5.82 Å². The molecule has 0 aliphatic rings. The molecule has 2 rings (SSSR count). The van der Waals surface area contributed by atoms with Crippen LogP contribution in [-0.4, -0.2) is 19.3 Å². The van der Waals surface area contributed by atoms with Crippen molar-refractivity contribution in [3.8, 4) is 11.5 Å². The normalized spacial score (nSPS) is 12.0. The van der Waals surface area contributed by atoms with Gasteiger partial charge in [0, 0.05) is 11.4 Å². The number of aliphatic hydroxyl groups is 1. The van der Waals surface area contributed by atoms with Crippen LogP contribution in [0.2, 0.25) is 5.02 Å². The van der Waals surface area contributed by atoms with Gasteiger partial charge in [0.25, 0.3) is 0 Å². The number of aliphatic hydroxyl groups excluding tert-OH is 1. The lowest BCUT2D eigenvalue weighted by Crippen LogP contribution is -2.03. The van der Waals surface area contributed by atoms with Gasteiger partial charge in [-0.15, -0.1) is 0 Å². The fourth-order valence-corrected chi connectivity index (χ4v) is 2.32. The SMILES string of the molecule is COc1ccc(C(O)Cc2ccc(F)cc2Cl)cc1OC. The van der Waals surface area contributed by atoms with E-state index < -0.39 is 11.9 Å². The van der Waals surface area contributed by atoms with E-state index in [2.05, 4.69) is 0 Å². The van der Waals surface area contributed by atoms with Crippen LogP contribution in [0.5, 0.6) is 11.5 Å². The van der Waals surface area contributed by atoms with Gasteiger partial charge < -0.3 is 14.6 Å². The Kier molecular flexibility index (Phi) is 5.04. The van der Waals surface area contributed by atoms with E-state index in [1.54, 1.807) is 31.4 Å². The van der Waals surface area contributed by atoms with Crippen LogP contribution in [0.3, 0.4) is 0 Å². The van der Waals surface area contributed by atoms with E-state index in [4.69, 9.17) is 21.1 Å². The van der Waals surface area contributed by atoms with Gasteiger partial charge in [-0.3, -0.25) is 0 Å². The Bertz CT molecular complexity index is 631. The zero-order chi connectivity index (χ0) is 15.4. The monoisotopic (exact) mass is 310 g/mol. The Morgan fingerprint density at radius 1 is 1.10 bits per heavy atom. The predicted molar refractivity (Wildman–Crippen MR) is 79.6 cm³/mol. The van der Waals surface area contributed by atoms with E-state index in [-0.39, 0.29) is 6.42 Å². The molecule has 112 valence electrons. The molecule has 2 aromatic rings. The van der Waals surface area contributed by atoms with Gasteiger partial charge in [0.15, 0.2) is 11.5 Å². The average Bonchev–Trinajstić information content (AvgIpc) is 2.49. The quantitative estimate of drug-likeness (QED) is 0.913. The molecule has 0 aliphatic carbocycles. The van der Waals surface area contributed by atoms with E-state index >= 15 is 0 Å². The summed E-state index contributed by atoms with van der Waals surface area (Å²) >= 11 is 5.97. The lowest BCUT2D eigenvalue weighted by Gasteiger charge is -2.15. The summed E-state index contributed by atoms with van der Waals surface area (Å²) in [5.41, 5.74) is 1.35. The van der Waals surface area contributed by atoms with E-state index in [0.717, 1.165) is 0 Å². The standard InChI is InChI=1S/C16H16ClFO3/c1-20-15-6-4-11(8-16(15)21-2)14(19)7-10-3-5-12(18)9-13(10)17/h3-6,8-9,14,19H,7H2,1-2H3. The largest absolute Gasteiger partial charge is 0.493 e. The molecule has 0 saturated heterocycles. The van der Waals surface area contributed by atoms with E-state index in [9.17, 15) is 9.50 Å². The highest BCUT2D eigenvalue weighted by molar-refractivity contribution is 6.31. The molecule has 0 fully saturated rings. The first-order chi connectivity index (χ1) is 10.0. The van der Waals surface area contributed by atoms with Crippen molar-refractivity contribution in [2.75, 3.05) is 14.2 Å². The summed E-state index contributed by atoms with van der Waals surface area (Å²) in [5.74, 6) is 0.733. The topological polar surface area (TPSA) is 38.7 Å². The molecule has 0 amide bonds. The number of ether oxygens (including phenoxy) is 2. The predicted octanol–water partition coefficient (Wildman–Crippen LogP) is 3.77. The number of hydrogen-bond acceptors (Lipinski definition) is 3. The number of benzene rings is 2. The first-order valence-electron chi connectivity index (χ1n) is 6.39. The molecule has 21 heavy (non-hydrogen) atoms. The van der Waals surface area contributed by atoms with Gasteiger partial charge in [0.05, 0.1) is 20.3 Å². The van der Waals surface area contributed by atoms with Gasteiger partial charge in [-0.2, -0.15) is 0 Å². The maximum Gasteiger partial charge on any atom is 0.161 e. The Balaban J connectivity index is 2.21. The van der Waals surface area contributed by atoms with Crippen LogP contribution >= 0.6 is 11.6 Å². The van der Waals surface area contributed by atoms with Gasteiger partial charge in [-0.1, -0.05) is 23.7 Å². The first kappa shape index (κ1) is 15.6. The summed E-state index contributed by atoms with van der Waals surface area (Å²) in [5, 5.41) is 10.6. The lowest BCUT2D eigenvalue weighted by atomic mass is 10.0. The van der Waals surface area contributed by atoms with Gasteiger partial charge in [-0.25, -0.2) is 4.39 Å². The first-order valence-corrected chi connectivity index (χ1v) is 6.77. The summed E-state index contributed by atoms with van der Waals surface area (Å²) < 4.78 is 23.4. The van der Waals surface area contributed by atoms with Crippen LogP contribution in [0.1, 0.15) is 17.2 Å². The van der Waals surface area contributed by atoms with Gasteiger partial charge >= 0.3 is 0 Å². The van der Waals surface area contributed by atoms with E-state index in [1.807, 2.05) is 0 Å². The number of rotatable bonds is 5. The molecule has 0 aromatic heterocycles. The molecule has 1 N–H and O–H groups in total. The molecule has 2 aromatic carbocycles. The molecule has 0 heterocycles. The summed E-state index contributed by atoms with van der Waals surface area (Å²) in [6.07, 6.45) is -0.484. The van der Waals surface area contributed by atoms with Gasteiger partial charge in [-0.05, 0) is 35.4 Å². The van der Waals surface area contributed by atoms with Crippen molar-refractivity contribution < 1.29 is 19.0 Å². The number of methoxy groups -OCH3 is 2. The summed E-state index contributed by atoms with van der Waals surface area (Å²) in [6.45, 7) is 0. The maximum atomic E-state index is 13.0. The van der Waals surface area contributed by atoms with Crippen LogP contribution in [0.25, 0.3) is 0 Å². The molecule has 0 bridgehead atoms. The second-order valence-corrected chi connectivity index (χ2v) is 4.98. The maximum absolute atomic E-state index is 13.0. The fraction of sp³-hybridized carbons (Fsp3) is 0.250. The third kappa shape index (κ3) is 3.65. The smallest absolute Gasteiger partial charge is 0.161 e. The number of hydrogen-bond donors (Lipinski definition) is 1. The highest BCUT2D eigenvalue weighted by Crippen LogP contribution is 2.31. The summed E-state index contributed by atoms with van der Waals surface area (Å²) in [4.78, 5) is 0. The Morgan fingerprint density at radius 3 is 2.43 bits per heavy atom. The van der Waals surface area contributed by atoms with Crippen molar-refractivity contribution in [1.82, 2.24) is 0 Å². The van der Waals surface area contributed by atoms with Crippen molar-refractivity contribution in [2.45, 2.75) is 12.5 Å². The van der Waals surface area contributed by atoms with Crippen LogP contribution in [0.4, 0.5) is 4.39 Å². The molecular weight excluding hydrogens is 295 g/mol. The van der Waals surface area contributed by atoms with Crippen molar-refractivity contribution in [3.05, 3.63) is 58.4 Å². The minimum Gasteiger partial charge on any atom is -0.493 e. The lowest BCUT2D eigenvalue weighted by molar-refractivity contribution is 0.178. The van der Waals surface area contributed by atoms with Crippen LogP contribution < -0.4 is 9.47 Å². The minimum absolute atomic E-state index is 0.286. The number of halogens is 2. The van der Waals surface area contributed by atoms with E-state index in [0.29, 0.717) is 27.6 Å². The second-order valence-electron chi connectivity index (χ2n) is 4.57. The minimum atomic E-state index is -0.771. The van der Waals surface area contributed by atoms with Crippen LogP contribution in [0.15, 0.2) is 36.4 Å². The molecular formula is C16H16ClFO3. The second kappa shape index (κ2) is 6.78. The summed E-state index contributed by atoms with van der Waals surface area (Å²) in [7, 11) is 3.08. The molecule has 0 radical (unpaired) electrons. The molecule has 0 saturated carbocycles. The Labute approximate surface area is 127 Å². The third-order valence-electron chi connectivity index (χ3n) is 3.22. The van der Waals surface area contributed by atoms with Crippen molar-refractivity contribution in [2.24, 2.45) is 0 Å². The van der Waals surface area contributed by atoms with Gasteiger partial charge in [0.2, 0.25) is 0 Å². The van der Waals surface area contributed by atoms with Crippen molar-refractivity contribution in [1.29, 1.82) is 0 Å². The zero-order valence-electron chi connectivity index (χ0n) is 11.8. The highest BCUT2D eigenvalue weighted by atomic mass is 35.5. The molecule has 5 heteroatoms. The van der Waals surface area contributed by atoms with Crippen molar-refractivity contribution >= 4 is 11.6 Å².